The lowest BCUT2D eigenvalue weighted by Gasteiger charge is -2.18. The molecule has 0 aliphatic heterocycles. The molecule has 0 aliphatic rings. The van der Waals surface area contributed by atoms with Gasteiger partial charge in [0, 0.05) is 17.9 Å². The van der Waals surface area contributed by atoms with Gasteiger partial charge in [0.15, 0.2) is 0 Å². The van der Waals surface area contributed by atoms with Gasteiger partial charge in [-0.15, -0.1) is 0 Å². The molecule has 3 aromatic carbocycles. The maximum Gasteiger partial charge on any atom is 0.123 e. The van der Waals surface area contributed by atoms with E-state index in [-0.39, 0.29) is 23.9 Å². The highest BCUT2D eigenvalue weighted by molar-refractivity contribution is 5.36. The molecule has 3 rings (SSSR count). The van der Waals surface area contributed by atoms with Crippen LogP contribution in [0.5, 0.6) is 11.5 Å². The number of benzene rings is 3. The molecular weight excluding hydrogens is 401 g/mol. The summed E-state index contributed by atoms with van der Waals surface area (Å²) >= 11 is 0. The van der Waals surface area contributed by atoms with Crippen LogP contribution in [-0.2, 0) is 6.54 Å². The molecule has 0 amide bonds. The number of rotatable bonds is 11. The van der Waals surface area contributed by atoms with Crippen LogP contribution in [0.4, 0.5) is 4.39 Å². The maximum absolute atomic E-state index is 13.5. The minimum Gasteiger partial charge on any atom is -0.491 e. The zero-order chi connectivity index (χ0) is 22.9. The van der Waals surface area contributed by atoms with Gasteiger partial charge in [-0.25, -0.2) is 4.39 Å². The largest absolute Gasteiger partial charge is 0.491 e. The van der Waals surface area contributed by atoms with Crippen molar-refractivity contribution in [3.8, 4) is 11.5 Å². The Morgan fingerprint density at radius 3 is 1.66 bits per heavy atom. The maximum atomic E-state index is 13.5. The Labute approximate surface area is 191 Å². The lowest BCUT2D eigenvalue weighted by atomic mass is 9.88. The highest BCUT2D eigenvalue weighted by Gasteiger charge is 2.16. The third kappa shape index (κ3) is 7.38. The SMILES string of the molecule is CC(C)Oc1ccc(C[NH2+]CC[C@H](c2ccc(F)cc2)c2ccc(OC(C)C)cc2)cc1. The molecule has 4 heteroatoms. The normalized spacial score (nSPS) is 12.2. The fourth-order valence-corrected chi connectivity index (χ4v) is 3.80. The Kier molecular flexibility index (Phi) is 8.69. The molecule has 3 aromatic rings. The van der Waals surface area contributed by atoms with Crippen LogP contribution < -0.4 is 14.8 Å². The molecule has 0 spiro atoms. The number of quaternary nitrogens is 1. The minimum atomic E-state index is -0.204. The van der Waals surface area contributed by atoms with Crippen LogP contribution >= 0.6 is 0 Å². The summed E-state index contributed by atoms with van der Waals surface area (Å²) < 4.78 is 25.0. The molecule has 0 bridgehead atoms. The Bertz CT molecular complexity index is 935. The molecule has 1 atom stereocenters. The number of ether oxygens (including phenoxy) is 2. The van der Waals surface area contributed by atoms with E-state index in [9.17, 15) is 4.39 Å². The van der Waals surface area contributed by atoms with Gasteiger partial charge in [-0.3, -0.25) is 0 Å². The second kappa shape index (κ2) is 11.7. The first kappa shape index (κ1) is 23.8. The van der Waals surface area contributed by atoms with Gasteiger partial charge in [-0.1, -0.05) is 24.3 Å². The van der Waals surface area contributed by atoms with Gasteiger partial charge in [0.25, 0.3) is 0 Å². The van der Waals surface area contributed by atoms with Crippen molar-refractivity contribution in [1.29, 1.82) is 0 Å². The summed E-state index contributed by atoms with van der Waals surface area (Å²) in [6.07, 6.45) is 1.29. The van der Waals surface area contributed by atoms with Crippen LogP contribution in [0.3, 0.4) is 0 Å². The predicted molar refractivity (Wildman–Crippen MR) is 128 cm³/mol. The van der Waals surface area contributed by atoms with Gasteiger partial charge in [0.1, 0.15) is 23.9 Å². The van der Waals surface area contributed by atoms with Crippen molar-refractivity contribution in [3.63, 3.8) is 0 Å². The summed E-state index contributed by atoms with van der Waals surface area (Å²) in [4.78, 5) is 0. The van der Waals surface area contributed by atoms with E-state index in [1.165, 1.54) is 11.1 Å². The summed E-state index contributed by atoms with van der Waals surface area (Å²) in [6.45, 7) is 10.00. The second-order valence-electron chi connectivity index (χ2n) is 8.72. The van der Waals surface area contributed by atoms with Gasteiger partial charge in [-0.2, -0.15) is 0 Å². The van der Waals surface area contributed by atoms with Gasteiger partial charge in [-0.05, 0) is 87.4 Å². The van der Waals surface area contributed by atoms with E-state index >= 15 is 0 Å². The van der Waals surface area contributed by atoms with Crippen LogP contribution in [0.25, 0.3) is 0 Å². The number of hydrogen-bond donors (Lipinski definition) is 1. The van der Waals surface area contributed by atoms with Crippen LogP contribution in [0, 0.1) is 5.82 Å². The summed E-state index contributed by atoms with van der Waals surface area (Å²) in [5.74, 6) is 1.79. The molecule has 0 saturated carbocycles. The molecule has 0 aromatic heterocycles. The number of hydrogen-bond acceptors (Lipinski definition) is 2. The summed E-state index contributed by atoms with van der Waals surface area (Å²) in [6, 6.07) is 23.5. The third-order valence-corrected chi connectivity index (χ3v) is 5.26. The molecule has 170 valence electrons. The van der Waals surface area contributed by atoms with Crippen molar-refractivity contribution in [2.75, 3.05) is 6.54 Å². The fourth-order valence-electron chi connectivity index (χ4n) is 3.80. The van der Waals surface area contributed by atoms with Crippen molar-refractivity contribution in [1.82, 2.24) is 0 Å². The Morgan fingerprint density at radius 2 is 1.16 bits per heavy atom. The summed E-state index contributed by atoms with van der Waals surface area (Å²) in [5.41, 5.74) is 3.62. The smallest absolute Gasteiger partial charge is 0.123 e. The van der Waals surface area contributed by atoms with E-state index in [4.69, 9.17) is 9.47 Å². The van der Waals surface area contributed by atoms with Crippen LogP contribution in [0.2, 0.25) is 0 Å². The zero-order valence-electron chi connectivity index (χ0n) is 19.6. The topological polar surface area (TPSA) is 35.1 Å². The Hall–Kier alpha value is -2.85. The first-order chi connectivity index (χ1) is 15.4. The molecule has 32 heavy (non-hydrogen) atoms. The van der Waals surface area contributed by atoms with Crippen molar-refractivity contribution in [2.24, 2.45) is 0 Å². The molecule has 0 aliphatic carbocycles. The second-order valence-corrected chi connectivity index (χ2v) is 8.72. The van der Waals surface area contributed by atoms with E-state index in [2.05, 4.69) is 29.6 Å². The average Bonchev–Trinajstić information content (AvgIpc) is 2.76. The lowest BCUT2D eigenvalue weighted by Crippen LogP contribution is -2.82. The van der Waals surface area contributed by atoms with E-state index in [1.807, 2.05) is 64.1 Å². The van der Waals surface area contributed by atoms with Crippen molar-refractivity contribution < 1.29 is 19.2 Å². The van der Waals surface area contributed by atoms with Crippen LogP contribution in [0.15, 0.2) is 72.8 Å². The fraction of sp³-hybridized carbons (Fsp3) is 0.357. The standard InChI is InChI=1S/C28H34FNO2/c1-20(2)31-26-13-5-22(6-14-26)19-30-18-17-28(23-7-11-25(29)12-8-23)24-9-15-27(16-10-24)32-21(3)4/h5-16,20-21,28,30H,17-19H2,1-4H3/p+1/t28-/m1/s1. The first-order valence-electron chi connectivity index (χ1n) is 11.5. The van der Waals surface area contributed by atoms with Crippen LogP contribution in [-0.4, -0.2) is 18.8 Å². The molecule has 0 saturated heterocycles. The highest BCUT2D eigenvalue weighted by atomic mass is 19.1. The molecule has 3 nitrogen and oxygen atoms in total. The predicted octanol–water partition coefficient (Wildman–Crippen LogP) is 5.69. The number of nitrogens with two attached hydrogens (primary N) is 1. The van der Waals surface area contributed by atoms with Gasteiger partial charge in [0.2, 0.25) is 0 Å². The van der Waals surface area contributed by atoms with E-state index in [0.29, 0.717) is 0 Å². The van der Waals surface area contributed by atoms with E-state index in [1.54, 1.807) is 12.1 Å². The highest BCUT2D eigenvalue weighted by Crippen LogP contribution is 2.29. The summed E-state index contributed by atoms with van der Waals surface area (Å²) in [7, 11) is 0. The van der Waals surface area contributed by atoms with Crippen molar-refractivity contribution in [2.45, 2.75) is 58.8 Å². The first-order valence-corrected chi connectivity index (χ1v) is 11.5. The molecular formula is C28H35FNO2+. The van der Waals surface area contributed by atoms with Gasteiger partial charge >= 0.3 is 0 Å². The monoisotopic (exact) mass is 436 g/mol. The third-order valence-electron chi connectivity index (χ3n) is 5.26. The van der Waals surface area contributed by atoms with E-state index in [0.717, 1.165) is 36.6 Å². The molecule has 0 heterocycles. The molecule has 2 N–H and O–H groups in total. The van der Waals surface area contributed by atoms with Crippen molar-refractivity contribution >= 4 is 0 Å². The average molecular weight is 437 g/mol. The molecule has 0 radical (unpaired) electrons. The molecule has 0 unspecified atom stereocenters. The Balaban J connectivity index is 1.62. The van der Waals surface area contributed by atoms with Gasteiger partial charge < -0.3 is 14.8 Å². The summed E-state index contributed by atoms with van der Waals surface area (Å²) in [5, 5.41) is 2.32. The molecule has 0 fully saturated rings. The minimum absolute atomic E-state index is 0.148. The van der Waals surface area contributed by atoms with Gasteiger partial charge in [0.05, 0.1) is 18.8 Å². The lowest BCUT2D eigenvalue weighted by molar-refractivity contribution is -0.671. The Morgan fingerprint density at radius 1 is 0.688 bits per heavy atom. The quantitative estimate of drug-likeness (QED) is 0.392. The van der Waals surface area contributed by atoms with Crippen LogP contribution in [0.1, 0.15) is 56.7 Å². The number of halogens is 1. The zero-order valence-corrected chi connectivity index (χ0v) is 19.6. The van der Waals surface area contributed by atoms with Crippen molar-refractivity contribution in [3.05, 3.63) is 95.3 Å². The van der Waals surface area contributed by atoms with E-state index < -0.39 is 0 Å².